The van der Waals surface area contributed by atoms with Crippen molar-refractivity contribution in [2.75, 3.05) is 25.6 Å². The van der Waals surface area contributed by atoms with E-state index in [1.165, 1.54) is 23.5 Å². The van der Waals surface area contributed by atoms with Crippen LogP contribution in [0.5, 0.6) is 11.5 Å². The van der Waals surface area contributed by atoms with Crippen molar-refractivity contribution in [3.8, 4) is 11.5 Å². The number of halogens is 1. The van der Waals surface area contributed by atoms with Crippen molar-refractivity contribution < 1.29 is 22.7 Å². The number of sulfone groups is 1. The number of amides is 1. The summed E-state index contributed by atoms with van der Waals surface area (Å²) in [5.41, 5.74) is 0. The second kappa shape index (κ2) is 7.63. The summed E-state index contributed by atoms with van der Waals surface area (Å²) in [6.45, 7) is 0.751. The van der Waals surface area contributed by atoms with Gasteiger partial charge in [0, 0.05) is 17.5 Å². The summed E-state index contributed by atoms with van der Waals surface area (Å²) in [4.78, 5) is 12.2. The Morgan fingerprint density at radius 2 is 2.00 bits per heavy atom. The summed E-state index contributed by atoms with van der Waals surface area (Å²) in [5.74, 6) is 0.289. The van der Waals surface area contributed by atoms with Gasteiger partial charge in [0.05, 0.1) is 4.90 Å². The fourth-order valence-corrected chi connectivity index (χ4v) is 5.35. The largest absolute Gasteiger partial charge is 0.486 e. The van der Waals surface area contributed by atoms with Gasteiger partial charge in [0.2, 0.25) is 5.91 Å². The lowest BCUT2D eigenvalue weighted by molar-refractivity contribution is -0.118. The first-order valence-corrected chi connectivity index (χ1v) is 10.5. The second-order valence-corrected chi connectivity index (χ2v) is 8.67. The first-order chi connectivity index (χ1) is 12.0. The van der Waals surface area contributed by atoms with E-state index >= 15 is 0 Å². The summed E-state index contributed by atoms with van der Waals surface area (Å²) in [6.07, 6.45) is 0. The Bertz CT molecular complexity index is 851. The van der Waals surface area contributed by atoms with Gasteiger partial charge in [-0.05, 0) is 23.6 Å². The number of thiophene rings is 1. The van der Waals surface area contributed by atoms with E-state index < -0.39 is 21.0 Å². The maximum Gasteiger partial charge on any atom is 0.234 e. The number of hydrogen-bond donors (Lipinski definition) is 1. The number of benzene rings is 1. The fourth-order valence-electron chi connectivity index (χ4n) is 2.46. The Labute approximate surface area is 154 Å². The summed E-state index contributed by atoms with van der Waals surface area (Å²) in [7, 11) is -3.74. The molecule has 134 valence electrons. The van der Waals surface area contributed by atoms with Crippen LogP contribution in [-0.4, -0.2) is 40.0 Å². The molecule has 6 nitrogen and oxygen atoms in total. The summed E-state index contributed by atoms with van der Waals surface area (Å²) in [6, 6.07) is 8.05. The highest BCUT2D eigenvalue weighted by Gasteiger charge is 2.31. The van der Waals surface area contributed by atoms with Crippen LogP contribution < -0.4 is 14.8 Å². The van der Waals surface area contributed by atoms with Crippen LogP contribution >= 0.6 is 22.9 Å². The first kappa shape index (κ1) is 18.0. The SMILES string of the molecule is O=C(CCl)NC[C@H](c1cccs1)S(=O)(=O)c1ccc2c(c1)OCCO2. The number of ether oxygens (including phenoxy) is 2. The van der Waals surface area contributed by atoms with Gasteiger partial charge in [-0.25, -0.2) is 8.42 Å². The third-order valence-corrected chi connectivity index (χ3v) is 7.14. The van der Waals surface area contributed by atoms with Gasteiger partial charge in [0.15, 0.2) is 21.3 Å². The predicted octanol–water partition coefficient (Wildman–Crippen LogP) is 2.39. The van der Waals surface area contributed by atoms with E-state index in [4.69, 9.17) is 21.1 Å². The number of alkyl halides is 1. The Morgan fingerprint density at radius 3 is 2.68 bits per heavy atom. The molecule has 0 fully saturated rings. The normalized spacial score (nSPS) is 14.8. The second-order valence-electron chi connectivity index (χ2n) is 5.29. The molecule has 0 aliphatic carbocycles. The molecule has 2 heterocycles. The van der Waals surface area contributed by atoms with E-state index in [-0.39, 0.29) is 17.3 Å². The topological polar surface area (TPSA) is 81.7 Å². The minimum atomic E-state index is -3.74. The van der Waals surface area contributed by atoms with Crippen molar-refractivity contribution in [3.63, 3.8) is 0 Å². The Morgan fingerprint density at radius 1 is 1.24 bits per heavy atom. The molecule has 1 aromatic carbocycles. The number of hydrogen-bond acceptors (Lipinski definition) is 6. The van der Waals surface area contributed by atoms with E-state index in [0.717, 1.165) is 0 Å². The lowest BCUT2D eigenvalue weighted by atomic mass is 10.3. The van der Waals surface area contributed by atoms with Gasteiger partial charge < -0.3 is 14.8 Å². The van der Waals surface area contributed by atoms with Crippen molar-refractivity contribution in [2.24, 2.45) is 0 Å². The summed E-state index contributed by atoms with van der Waals surface area (Å²) >= 11 is 6.80. The van der Waals surface area contributed by atoms with Crippen LogP contribution in [0.2, 0.25) is 0 Å². The van der Waals surface area contributed by atoms with Gasteiger partial charge in [-0.1, -0.05) is 6.07 Å². The van der Waals surface area contributed by atoms with Gasteiger partial charge >= 0.3 is 0 Å². The van der Waals surface area contributed by atoms with E-state index in [2.05, 4.69) is 5.32 Å². The third-order valence-electron chi connectivity index (χ3n) is 3.68. The standard InChI is InChI=1S/C16H16ClNO5S2/c17-9-16(19)18-10-15(14-2-1-7-24-14)25(20,21)11-3-4-12-13(8-11)23-6-5-22-12/h1-4,7-8,15H,5-6,9-10H2,(H,18,19)/t15-/m1/s1. The molecule has 1 atom stereocenters. The van der Waals surface area contributed by atoms with E-state index in [9.17, 15) is 13.2 Å². The number of rotatable bonds is 6. The molecule has 1 aromatic heterocycles. The van der Waals surface area contributed by atoms with Gasteiger partial charge in [-0.3, -0.25) is 4.79 Å². The van der Waals surface area contributed by atoms with Crippen LogP contribution in [0.15, 0.2) is 40.6 Å². The minimum Gasteiger partial charge on any atom is -0.486 e. The molecule has 9 heteroatoms. The molecule has 1 aliphatic rings. The lowest BCUT2D eigenvalue weighted by Crippen LogP contribution is -2.32. The zero-order chi connectivity index (χ0) is 17.9. The van der Waals surface area contributed by atoms with Gasteiger partial charge in [0.25, 0.3) is 0 Å². The van der Waals surface area contributed by atoms with Gasteiger partial charge in [-0.2, -0.15) is 0 Å². The summed E-state index contributed by atoms with van der Waals surface area (Å²) in [5, 5.41) is 3.46. The molecular formula is C16H16ClNO5S2. The van der Waals surface area contributed by atoms with Crippen molar-refractivity contribution in [3.05, 3.63) is 40.6 Å². The van der Waals surface area contributed by atoms with Crippen LogP contribution in [0.3, 0.4) is 0 Å². The van der Waals surface area contributed by atoms with Crippen molar-refractivity contribution >= 4 is 38.7 Å². The smallest absolute Gasteiger partial charge is 0.234 e. The Kier molecular flexibility index (Phi) is 5.51. The van der Waals surface area contributed by atoms with E-state index in [1.807, 2.05) is 0 Å². The van der Waals surface area contributed by atoms with Gasteiger partial charge in [0.1, 0.15) is 24.3 Å². The van der Waals surface area contributed by atoms with E-state index in [1.54, 1.807) is 23.6 Å². The van der Waals surface area contributed by atoms with Crippen molar-refractivity contribution in [1.82, 2.24) is 5.32 Å². The summed E-state index contributed by atoms with van der Waals surface area (Å²) < 4.78 is 37.2. The number of carbonyl (C=O) groups excluding carboxylic acids is 1. The van der Waals surface area contributed by atoms with Gasteiger partial charge in [-0.15, -0.1) is 22.9 Å². The monoisotopic (exact) mass is 401 g/mol. The van der Waals surface area contributed by atoms with Crippen LogP contribution in [-0.2, 0) is 14.6 Å². The maximum atomic E-state index is 13.1. The quantitative estimate of drug-likeness (QED) is 0.751. The molecule has 0 radical (unpaired) electrons. The molecule has 3 rings (SSSR count). The zero-order valence-corrected chi connectivity index (χ0v) is 15.5. The van der Waals surface area contributed by atoms with Crippen molar-refractivity contribution in [2.45, 2.75) is 10.1 Å². The predicted molar refractivity (Wildman–Crippen MR) is 95.4 cm³/mol. The van der Waals surface area contributed by atoms with E-state index in [0.29, 0.717) is 29.6 Å². The first-order valence-electron chi connectivity index (χ1n) is 7.52. The number of nitrogens with one attached hydrogen (secondary N) is 1. The molecule has 1 amide bonds. The molecular weight excluding hydrogens is 386 g/mol. The van der Waals surface area contributed by atoms with Crippen LogP contribution in [0.4, 0.5) is 0 Å². The highest BCUT2D eigenvalue weighted by molar-refractivity contribution is 7.91. The van der Waals surface area contributed by atoms with Crippen LogP contribution in [0, 0.1) is 0 Å². The third kappa shape index (κ3) is 3.91. The molecule has 0 spiro atoms. The fraction of sp³-hybridized carbons (Fsp3) is 0.312. The number of fused-ring (bicyclic) bond motifs is 1. The molecule has 25 heavy (non-hydrogen) atoms. The Balaban J connectivity index is 1.94. The average molecular weight is 402 g/mol. The van der Waals surface area contributed by atoms with Crippen LogP contribution in [0.1, 0.15) is 10.1 Å². The number of carbonyl (C=O) groups is 1. The zero-order valence-electron chi connectivity index (χ0n) is 13.1. The minimum absolute atomic E-state index is 0.0527. The molecule has 0 saturated carbocycles. The highest BCUT2D eigenvalue weighted by atomic mass is 35.5. The Hall–Kier alpha value is -1.77. The highest BCUT2D eigenvalue weighted by Crippen LogP contribution is 2.37. The molecule has 0 unspecified atom stereocenters. The molecule has 0 bridgehead atoms. The maximum absolute atomic E-state index is 13.1. The average Bonchev–Trinajstić information content (AvgIpc) is 3.15. The molecule has 0 saturated heterocycles. The van der Waals surface area contributed by atoms with Crippen molar-refractivity contribution in [1.29, 1.82) is 0 Å². The molecule has 2 aromatic rings. The molecule has 1 aliphatic heterocycles. The molecule has 1 N–H and O–H groups in total. The van der Waals surface area contributed by atoms with Crippen LogP contribution in [0.25, 0.3) is 0 Å². The lowest BCUT2D eigenvalue weighted by Gasteiger charge is -2.21.